The van der Waals surface area contributed by atoms with Crippen molar-refractivity contribution < 1.29 is 0 Å². The molecule has 0 aliphatic rings. The highest BCUT2D eigenvalue weighted by Gasteiger charge is 2.28. The summed E-state index contributed by atoms with van der Waals surface area (Å²) in [7, 11) is 1.89. The molecule has 3 N–H and O–H groups in total. The van der Waals surface area contributed by atoms with Crippen LogP contribution in [0.5, 0.6) is 0 Å². The molecule has 2 rings (SSSR count). The summed E-state index contributed by atoms with van der Waals surface area (Å²) in [4.78, 5) is 1.04. The van der Waals surface area contributed by atoms with Crippen LogP contribution in [0.15, 0.2) is 12.3 Å². The maximum absolute atomic E-state index is 5.70. The number of aromatic nitrogens is 4. The molecule has 0 saturated carbocycles. The lowest BCUT2D eigenvalue weighted by Gasteiger charge is -2.21. The number of hydrazine groups is 1. The standard InChI is InChI=1S/C11H18N6S/c1-11(2,3)10-9(18-16-15-10)8(14-12)7-5-6-13-17(7)4/h5-6,8,14H,12H2,1-4H3. The van der Waals surface area contributed by atoms with E-state index in [1.807, 2.05) is 13.1 Å². The van der Waals surface area contributed by atoms with Crippen molar-refractivity contribution in [2.45, 2.75) is 32.2 Å². The molecule has 0 aliphatic carbocycles. The predicted molar refractivity (Wildman–Crippen MR) is 71.0 cm³/mol. The maximum atomic E-state index is 5.70. The third kappa shape index (κ3) is 2.29. The minimum Gasteiger partial charge on any atom is -0.271 e. The zero-order valence-corrected chi connectivity index (χ0v) is 11.8. The van der Waals surface area contributed by atoms with Crippen LogP contribution in [0.25, 0.3) is 0 Å². The highest BCUT2D eigenvalue weighted by atomic mass is 32.1. The molecule has 2 heterocycles. The molecule has 1 atom stereocenters. The molecule has 0 bridgehead atoms. The average molecular weight is 266 g/mol. The first kappa shape index (κ1) is 13.1. The van der Waals surface area contributed by atoms with Crippen molar-refractivity contribution in [1.29, 1.82) is 0 Å². The lowest BCUT2D eigenvalue weighted by molar-refractivity contribution is 0.530. The van der Waals surface area contributed by atoms with Gasteiger partial charge in [-0.1, -0.05) is 25.3 Å². The number of rotatable bonds is 3. The van der Waals surface area contributed by atoms with Gasteiger partial charge in [0.2, 0.25) is 0 Å². The number of hydrogen-bond donors (Lipinski definition) is 2. The molecule has 0 amide bonds. The van der Waals surface area contributed by atoms with Gasteiger partial charge >= 0.3 is 0 Å². The Bertz CT molecular complexity index is 524. The molecule has 0 spiro atoms. The van der Waals surface area contributed by atoms with E-state index >= 15 is 0 Å². The highest BCUT2D eigenvalue weighted by Crippen LogP contribution is 2.32. The monoisotopic (exact) mass is 266 g/mol. The van der Waals surface area contributed by atoms with Crippen molar-refractivity contribution in [2.24, 2.45) is 12.9 Å². The zero-order chi connectivity index (χ0) is 13.3. The minimum absolute atomic E-state index is 0.0595. The summed E-state index contributed by atoms with van der Waals surface area (Å²) in [6, 6.07) is 1.81. The van der Waals surface area contributed by atoms with Gasteiger partial charge in [0.15, 0.2) is 0 Å². The fourth-order valence-electron chi connectivity index (χ4n) is 1.87. The van der Waals surface area contributed by atoms with E-state index in [1.54, 1.807) is 10.9 Å². The molecule has 2 aromatic rings. The fourth-order valence-corrected chi connectivity index (χ4v) is 2.81. The number of aryl methyl sites for hydroxylation is 1. The Morgan fingerprint density at radius 1 is 1.44 bits per heavy atom. The molecule has 1 unspecified atom stereocenters. The van der Waals surface area contributed by atoms with E-state index in [-0.39, 0.29) is 11.5 Å². The second-order valence-electron chi connectivity index (χ2n) is 5.22. The third-order valence-electron chi connectivity index (χ3n) is 2.81. The Hall–Kier alpha value is -1.31. The van der Waals surface area contributed by atoms with Gasteiger partial charge in [0, 0.05) is 18.7 Å². The van der Waals surface area contributed by atoms with E-state index in [1.165, 1.54) is 11.5 Å². The molecular weight excluding hydrogens is 248 g/mol. The van der Waals surface area contributed by atoms with Gasteiger partial charge in [0.05, 0.1) is 16.3 Å². The first-order chi connectivity index (χ1) is 8.45. The number of nitrogens with two attached hydrogens (primary N) is 1. The van der Waals surface area contributed by atoms with Crippen LogP contribution in [0.4, 0.5) is 0 Å². The van der Waals surface area contributed by atoms with Gasteiger partial charge < -0.3 is 0 Å². The van der Waals surface area contributed by atoms with Crippen LogP contribution in [-0.4, -0.2) is 19.4 Å². The first-order valence-corrected chi connectivity index (χ1v) is 6.49. The van der Waals surface area contributed by atoms with E-state index in [0.717, 1.165) is 16.3 Å². The molecular formula is C11H18N6S. The second kappa shape index (κ2) is 4.75. The van der Waals surface area contributed by atoms with E-state index < -0.39 is 0 Å². The van der Waals surface area contributed by atoms with E-state index in [2.05, 4.69) is 40.9 Å². The van der Waals surface area contributed by atoms with Crippen molar-refractivity contribution in [3.63, 3.8) is 0 Å². The number of nitrogens with one attached hydrogen (secondary N) is 1. The van der Waals surface area contributed by atoms with Crippen molar-refractivity contribution >= 4 is 11.5 Å². The molecule has 6 nitrogen and oxygen atoms in total. The summed E-state index contributed by atoms with van der Waals surface area (Å²) in [5.74, 6) is 5.70. The van der Waals surface area contributed by atoms with Gasteiger partial charge in [-0.15, -0.1) is 5.10 Å². The molecule has 2 aromatic heterocycles. The Balaban J connectivity index is 2.47. The number of nitrogens with zero attached hydrogens (tertiary/aromatic N) is 4. The summed E-state index contributed by atoms with van der Waals surface area (Å²) in [5.41, 5.74) is 4.73. The highest BCUT2D eigenvalue weighted by molar-refractivity contribution is 7.05. The lowest BCUT2D eigenvalue weighted by Crippen LogP contribution is -2.31. The van der Waals surface area contributed by atoms with Crippen LogP contribution in [0.3, 0.4) is 0 Å². The van der Waals surface area contributed by atoms with Crippen LogP contribution >= 0.6 is 11.5 Å². The molecule has 0 aliphatic heterocycles. The summed E-state index contributed by atoms with van der Waals surface area (Å²) in [5, 5.41) is 8.41. The molecule has 18 heavy (non-hydrogen) atoms. The maximum Gasteiger partial charge on any atom is 0.100 e. The van der Waals surface area contributed by atoms with E-state index in [9.17, 15) is 0 Å². The molecule has 98 valence electrons. The average Bonchev–Trinajstić information content (AvgIpc) is 2.89. The molecule has 0 radical (unpaired) electrons. The minimum atomic E-state index is -0.133. The van der Waals surface area contributed by atoms with Crippen LogP contribution in [0, 0.1) is 0 Å². The second-order valence-corrected chi connectivity index (χ2v) is 6.00. The van der Waals surface area contributed by atoms with Crippen LogP contribution in [-0.2, 0) is 12.5 Å². The fraction of sp³-hybridized carbons (Fsp3) is 0.545. The van der Waals surface area contributed by atoms with Gasteiger partial charge in [-0.2, -0.15) is 5.10 Å². The summed E-state index contributed by atoms with van der Waals surface area (Å²) in [6.07, 6.45) is 1.75. The smallest absolute Gasteiger partial charge is 0.100 e. The summed E-state index contributed by atoms with van der Waals surface area (Å²) < 4.78 is 5.87. The van der Waals surface area contributed by atoms with Crippen molar-refractivity contribution in [1.82, 2.24) is 24.8 Å². The first-order valence-electron chi connectivity index (χ1n) is 5.72. The van der Waals surface area contributed by atoms with Crippen LogP contribution in [0.1, 0.15) is 43.1 Å². The van der Waals surface area contributed by atoms with E-state index in [4.69, 9.17) is 5.84 Å². The van der Waals surface area contributed by atoms with Gasteiger partial charge in [-0.3, -0.25) is 10.5 Å². The van der Waals surface area contributed by atoms with Crippen molar-refractivity contribution in [2.75, 3.05) is 0 Å². The normalized spacial score (nSPS) is 13.8. The van der Waals surface area contributed by atoms with Gasteiger partial charge in [-0.25, -0.2) is 5.43 Å². The van der Waals surface area contributed by atoms with Crippen molar-refractivity contribution in [3.05, 3.63) is 28.5 Å². The van der Waals surface area contributed by atoms with Gasteiger partial charge in [0.1, 0.15) is 6.04 Å². The van der Waals surface area contributed by atoms with Gasteiger partial charge in [-0.05, 0) is 17.6 Å². The Kier molecular flexibility index (Phi) is 3.47. The SMILES string of the molecule is Cn1nccc1C(NN)c1snnc1C(C)(C)C. The third-order valence-corrected chi connectivity index (χ3v) is 3.60. The Labute approximate surface area is 110 Å². The molecule has 0 saturated heterocycles. The Morgan fingerprint density at radius 3 is 2.67 bits per heavy atom. The number of hydrogen-bond acceptors (Lipinski definition) is 6. The van der Waals surface area contributed by atoms with Crippen molar-refractivity contribution in [3.8, 4) is 0 Å². The predicted octanol–water partition coefficient (Wildman–Crippen LogP) is 1.12. The van der Waals surface area contributed by atoms with Crippen LogP contribution in [0.2, 0.25) is 0 Å². The lowest BCUT2D eigenvalue weighted by atomic mass is 9.89. The molecule has 0 fully saturated rings. The van der Waals surface area contributed by atoms with E-state index in [0.29, 0.717) is 0 Å². The van der Waals surface area contributed by atoms with Gasteiger partial charge in [0.25, 0.3) is 0 Å². The zero-order valence-electron chi connectivity index (χ0n) is 11.0. The van der Waals surface area contributed by atoms with Crippen LogP contribution < -0.4 is 11.3 Å². The topological polar surface area (TPSA) is 81.7 Å². The quantitative estimate of drug-likeness (QED) is 0.642. The summed E-state index contributed by atoms with van der Waals surface area (Å²) >= 11 is 1.37. The largest absolute Gasteiger partial charge is 0.271 e. The summed E-state index contributed by atoms with van der Waals surface area (Å²) in [6.45, 7) is 6.35. The molecule has 7 heteroatoms. The Morgan fingerprint density at radius 2 is 2.17 bits per heavy atom. The molecule has 0 aromatic carbocycles.